The fraction of sp³-hybridized carbons (Fsp3) is 0.615. The van der Waals surface area contributed by atoms with Gasteiger partial charge in [-0.2, -0.15) is 0 Å². The maximum Gasteiger partial charge on any atom is 0.271 e. The Labute approximate surface area is 113 Å². The van der Waals surface area contributed by atoms with Crippen molar-refractivity contribution in [3.8, 4) is 0 Å². The van der Waals surface area contributed by atoms with Gasteiger partial charge in [0.2, 0.25) is 0 Å². The van der Waals surface area contributed by atoms with Crippen LogP contribution in [0.2, 0.25) is 5.15 Å². The number of carbonyl (C=O) groups is 1. The molecule has 0 saturated heterocycles. The van der Waals surface area contributed by atoms with Crippen LogP contribution in [0.15, 0.2) is 12.4 Å². The second-order valence-corrected chi connectivity index (χ2v) is 5.48. The molecule has 0 aliphatic heterocycles. The molecule has 100 valence electrons. The van der Waals surface area contributed by atoms with Crippen molar-refractivity contribution >= 4 is 17.5 Å². The molecule has 0 aliphatic rings. The van der Waals surface area contributed by atoms with Crippen molar-refractivity contribution in [2.75, 3.05) is 6.54 Å². The first-order valence-electron chi connectivity index (χ1n) is 6.17. The molecular formula is C13H20ClN3O. The Morgan fingerprint density at radius 2 is 1.89 bits per heavy atom. The molecule has 0 atom stereocenters. The average Bonchev–Trinajstić information content (AvgIpc) is 2.28. The zero-order valence-corrected chi connectivity index (χ0v) is 12.0. The number of aromatic nitrogens is 2. The van der Waals surface area contributed by atoms with Crippen LogP contribution >= 0.6 is 11.6 Å². The molecule has 0 fully saturated rings. The Hall–Kier alpha value is -1.16. The van der Waals surface area contributed by atoms with Crippen LogP contribution in [0.3, 0.4) is 0 Å². The first-order chi connectivity index (χ1) is 8.41. The van der Waals surface area contributed by atoms with Crippen molar-refractivity contribution in [2.45, 2.75) is 27.7 Å². The largest absolute Gasteiger partial charge is 0.350 e. The summed E-state index contributed by atoms with van der Waals surface area (Å²) in [5.41, 5.74) is 0.258. The molecule has 1 amide bonds. The van der Waals surface area contributed by atoms with E-state index in [0.717, 1.165) is 0 Å². The Bertz CT molecular complexity index is 399. The van der Waals surface area contributed by atoms with E-state index >= 15 is 0 Å². The number of nitrogens with one attached hydrogen (secondary N) is 1. The Morgan fingerprint density at radius 1 is 1.28 bits per heavy atom. The van der Waals surface area contributed by atoms with Crippen LogP contribution in [-0.4, -0.2) is 22.4 Å². The summed E-state index contributed by atoms with van der Waals surface area (Å²) in [4.78, 5) is 19.7. The summed E-state index contributed by atoms with van der Waals surface area (Å²) >= 11 is 5.70. The maximum atomic E-state index is 11.9. The Morgan fingerprint density at radius 3 is 2.39 bits per heavy atom. The quantitative estimate of drug-likeness (QED) is 0.894. The number of hydrogen-bond acceptors (Lipinski definition) is 3. The van der Waals surface area contributed by atoms with Crippen LogP contribution in [0.1, 0.15) is 38.2 Å². The van der Waals surface area contributed by atoms with Gasteiger partial charge in [-0.3, -0.25) is 9.78 Å². The van der Waals surface area contributed by atoms with Crippen molar-refractivity contribution < 1.29 is 4.79 Å². The summed E-state index contributed by atoms with van der Waals surface area (Å²) < 4.78 is 0. The van der Waals surface area contributed by atoms with Gasteiger partial charge in [-0.15, -0.1) is 0 Å². The highest BCUT2D eigenvalue weighted by Gasteiger charge is 2.19. The van der Waals surface area contributed by atoms with Gasteiger partial charge < -0.3 is 5.32 Å². The van der Waals surface area contributed by atoms with Crippen molar-refractivity contribution in [1.29, 1.82) is 0 Å². The number of halogens is 1. The van der Waals surface area contributed by atoms with E-state index < -0.39 is 0 Å². The average molecular weight is 270 g/mol. The zero-order chi connectivity index (χ0) is 13.7. The number of hydrogen-bond donors (Lipinski definition) is 1. The lowest BCUT2D eigenvalue weighted by molar-refractivity contribution is 0.0931. The van der Waals surface area contributed by atoms with E-state index in [1.807, 2.05) is 0 Å². The third-order valence-corrected chi connectivity index (χ3v) is 3.23. The smallest absolute Gasteiger partial charge is 0.271 e. The van der Waals surface area contributed by atoms with Gasteiger partial charge in [0.05, 0.1) is 12.4 Å². The maximum absolute atomic E-state index is 11.9. The molecule has 0 bridgehead atoms. The van der Waals surface area contributed by atoms with Gasteiger partial charge in [-0.25, -0.2) is 4.98 Å². The zero-order valence-electron chi connectivity index (χ0n) is 11.3. The highest BCUT2D eigenvalue weighted by Crippen LogP contribution is 2.19. The predicted molar refractivity (Wildman–Crippen MR) is 72.5 cm³/mol. The highest BCUT2D eigenvalue weighted by molar-refractivity contribution is 6.29. The Balaban J connectivity index is 2.60. The van der Waals surface area contributed by atoms with Gasteiger partial charge in [-0.1, -0.05) is 39.3 Å². The van der Waals surface area contributed by atoms with E-state index in [2.05, 4.69) is 43.0 Å². The fourth-order valence-electron chi connectivity index (χ4n) is 1.99. The van der Waals surface area contributed by atoms with Crippen LogP contribution in [0.25, 0.3) is 0 Å². The van der Waals surface area contributed by atoms with Gasteiger partial charge in [0.15, 0.2) is 0 Å². The van der Waals surface area contributed by atoms with Crippen molar-refractivity contribution in [3.05, 3.63) is 23.2 Å². The standard InChI is InChI=1S/C13H20ClN3O/c1-8(2)10(9(3)4)5-16-13(18)11-6-15-7-12(14)17-11/h6-10H,5H2,1-4H3,(H,16,18). The lowest BCUT2D eigenvalue weighted by Crippen LogP contribution is -2.34. The molecule has 1 rings (SSSR count). The van der Waals surface area contributed by atoms with E-state index in [1.54, 1.807) is 0 Å². The minimum absolute atomic E-state index is 0.226. The van der Waals surface area contributed by atoms with Crippen LogP contribution in [-0.2, 0) is 0 Å². The first-order valence-corrected chi connectivity index (χ1v) is 6.55. The second kappa shape index (κ2) is 6.69. The third kappa shape index (κ3) is 4.26. The van der Waals surface area contributed by atoms with Crippen LogP contribution in [0, 0.1) is 17.8 Å². The molecule has 0 aromatic carbocycles. The Kier molecular flexibility index (Phi) is 5.54. The van der Waals surface area contributed by atoms with Crippen LogP contribution in [0.5, 0.6) is 0 Å². The van der Waals surface area contributed by atoms with E-state index in [0.29, 0.717) is 24.3 Å². The van der Waals surface area contributed by atoms with Crippen LogP contribution < -0.4 is 5.32 Å². The van der Waals surface area contributed by atoms with Crippen molar-refractivity contribution in [3.63, 3.8) is 0 Å². The molecule has 0 radical (unpaired) electrons. The molecule has 18 heavy (non-hydrogen) atoms. The van der Waals surface area contributed by atoms with E-state index in [-0.39, 0.29) is 16.8 Å². The summed E-state index contributed by atoms with van der Waals surface area (Å²) in [6, 6.07) is 0. The summed E-state index contributed by atoms with van der Waals surface area (Å²) in [7, 11) is 0. The van der Waals surface area contributed by atoms with Crippen LogP contribution in [0.4, 0.5) is 0 Å². The molecule has 1 aromatic rings. The third-order valence-electron chi connectivity index (χ3n) is 3.05. The highest BCUT2D eigenvalue weighted by atomic mass is 35.5. The van der Waals surface area contributed by atoms with E-state index in [4.69, 9.17) is 11.6 Å². The normalized spacial score (nSPS) is 11.3. The van der Waals surface area contributed by atoms with E-state index in [1.165, 1.54) is 12.4 Å². The molecule has 4 nitrogen and oxygen atoms in total. The second-order valence-electron chi connectivity index (χ2n) is 5.09. The minimum Gasteiger partial charge on any atom is -0.350 e. The summed E-state index contributed by atoms with van der Waals surface area (Å²) in [5, 5.41) is 3.12. The molecule has 0 saturated carbocycles. The van der Waals surface area contributed by atoms with Gasteiger partial charge in [0, 0.05) is 6.54 Å². The number of rotatable bonds is 5. The topological polar surface area (TPSA) is 54.9 Å². The molecule has 1 aromatic heterocycles. The lowest BCUT2D eigenvalue weighted by Gasteiger charge is -2.24. The van der Waals surface area contributed by atoms with E-state index in [9.17, 15) is 4.79 Å². The van der Waals surface area contributed by atoms with Gasteiger partial charge in [-0.05, 0) is 17.8 Å². The number of carbonyl (C=O) groups excluding carboxylic acids is 1. The molecule has 1 heterocycles. The fourth-order valence-corrected chi connectivity index (χ4v) is 2.14. The molecular weight excluding hydrogens is 250 g/mol. The predicted octanol–water partition coefficient (Wildman–Crippen LogP) is 2.79. The first kappa shape index (κ1) is 14.9. The minimum atomic E-state index is -0.226. The molecule has 0 unspecified atom stereocenters. The van der Waals surface area contributed by atoms with Gasteiger partial charge >= 0.3 is 0 Å². The van der Waals surface area contributed by atoms with Gasteiger partial charge in [0.25, 0.3) is 5.91 Å². The monoisotopic (exact) mass is 269 g/mol. The summed E-state index contributed by atoms with van der Waals surface area (Å²) in [6.45, 7) is 9.29. The summed E-state index contributed by atoms with van der Waals surface area (Å²) in [6.07, 6.45) is 2.82. The molecule has 0 aliphatic carbocycles. The molecule has 5 heteroatoms. The SMILES string of the molecule is CC(C)C(CNC(=O)c1cncc(Cl)n1)C(C)C. The lowest BCUT2D eigenvalue weighted by atomic mass is 9.85. The van der Waals surface area contributed by atoms with Crippen molar-refractivity contribution in [1.82, 2.24) is 15.3 Å². The summed E-state index contributed by atoms with van der Waals surface area (Å²) in [5.74, 6) is 1.27. The number of amides is 1. The molecule has 0 spiro atoms. The van der Waals surface area contributed by atoms with Crippen molar-refractivity contribution in [2.24, 2.45) is 17.8 Å². The van der Waals surface area contributed by atoms with Gasteiger partial charge in [0.1, 0.15) is 10.8 Å². The number of nitrogens with zero attached hydrogens (tertiary/aromatic N) is 2. The molecule has 1 N–H and O–H groups in total.